The van der Waals surface area contributed by atoms with E-state index in [2.05, 4.69) is 0 Å². The van der Waals surface area contributed by atoms with E-state index in [9.17, 15) is 4.79 Å². The Morgan fingerprint density at radius 3 is 2.82 bits per heavy atom. The fraction of sp³-hybridized carbons (Fsp3) is 0.462. The molecule has 1 fully saturated rings. The van der Waals surface area contributed by atoms with E-state index < -0.39 is 0 Å². The smallest absolute Gasteiger partial charge is 0.339 e. The summed E-state index contributed by atoms with van der Waals surface area (Å²) in [7, 11) is 0. The molecule has 1 aromatic rings. The summed E-state index contributed by atoms with van der Waals surface area (Å²) in [6, 6.07) is 4.83. The molecule has 2 rings (SSSR count). The largest absolute Gasteiger partial charge is 0.462 e. The van der Waals surface area contributed by atoms with Gasteiger partial charge in [-0.05, 0) is 37.0 Å². The van der Waals surface area contributed by atoms with E-state index in [0.29, 0.717) is 28.8 Å². The number of anilines is 1. The molecular formula is C13H16ClNO2. The molecule has 0 amide bonds. The molecule has 1 saturated carbocycles. The maximum atomic E-state index is 11.8. The molecular weight excluding hydrogens is 238 g/mol. The minimum atomic E-state index is -0.380. The molecule has 0 heterocycles. The van der Waals surface area contributed by atoms with Crippen LogP contribution in [0.2, 0.25) is 5.02 Å². The monoisotopic (exact) mass is 253 g/mol. The molecule has 3 nitrogen and oxygen atoms in total. The van der Waals surface area contributed by atoms with Crippen LogP contribution < -0.4 is 5.73 Å². The maximum Gasteiger partial charge on any atom is 0.339 e. The molecule has 4 heteroatoms. The van der Waals surface area contributed by atoms with Crippen molar-refractivity contribution in [2.24, 2.45) is 5.92 Å². The van der Waals surface area contributed by atoms with Gasteiger partial charge in [-0.1, -0.05) is 24.4 Å². The molecule has 1 aromatic carbocycles. The van der Waals surface area contributed by atoms with Crippen molar-refractivity contribution in [1.29, 1.82) is 0 Å². The van der Waals surface area contributed by atoms with E-state index in [1.54, 1.807) is 18.2 Å². The van der Waals surface area contributed by atoms with Gasteiger partial charge in [0.25, 0.3) is 0 Å². The number of hydrogen-bond donors (Lipinski definition) is 1. The van der Waals surface area contributed by atoms with Crippen LogP contribution >= 0.6 is 11.6 Å². The van der Waals surface area contributed by atoms with Crippen LogP contribution in [0.15, 0.2) is 18.2 Å². The van der Waals surface area contributed by atoms with Gasteiger partial charge in [0, 0.05) is 5.69 Å². The van der Waals surface area contributed by atoms with E-state index in [-0.39, 0.29) is 5.97 Å². The number of benzene rings is 1. The highest BCUT2D eigenvalue weighted by molar-refractivity contribution is 6.33. The van der Waals surface area contributed by atoms with Gasteiger partial charge < -0.3 is 10.5 Å². The van der Waals surface area contributed by atoms with Crippen molar-refractivity contribution in [3.05, 3.63) is 28.8 Å². The predicted molar refractivity (Wildman–Crippen MR) is 68.1 cm³/mol. The summed E-state index contributed by atoms with van der Waals surface area (Å²) < 4.78 is 5.27. The van der Waals surface area contributed by atoms with Gasteiger partial charge >= 0.3 is 5.97 Å². The van der Waals surface area contributed by atoms with Crippen molar-refractivity contribution in [3.8, 4) is 0 Å². The van der Waals surface area contributed by atoms with E-state index in [4.69, 9.17) is 22.1 Å². The van der Waals surface area contributed by atoms with Gasteiger partial charge in [-0.25, -0.2) is 4.79 Å². The Balaban J connectivity index is 1.96. The van der Waals surface area contributed by atoms with Gasteiger partial charge in [0.15, 0.2) is 0 Å². The molecule has 0 unspecified atom stereocenters. The van der Waals surface area contributed by atoms with Crippen molar-refractivity contribution in [2.45, 2.75) is 25.7 Å². The summed E-state index contributed by atoms with van der Waals surface area (Å²) in [5.41, 5.74) is 6.48. The lowest BCUT2D eigenvalue weighted by Crippen LogP contribution is -2.12. The topological polar surface area (TPSA) is 52.3 Å². The van der Waals surface area contributed by atoms with Crippen molar-refractivity contribution in [1.82, 2.24) is 0 Å². The third-order valence-electron chi connectivity index (χ3n) is 3.14. The summed E-state index contributed by atoms with van der Waals surface area (Å²) in [4.78, 5) is 11.8. The summed E-state index contributed by atoms with van der Waals surface area (Å²) >= 11 is 5.93. The number of rotatable bonds is 3. The van der Waals surface area contributed by atoms with Crippen LogP contribution in [-0.4, -0.2) is 12.6 Å². The minimum Gasteiger partial charge on any atom is -0.462 e. The van der Waals surface area contributed by atoms with Crippen molar-refractivity contribution >= 4 is 23.3 Å². The zero-order chi connectivity index (χ0) is 12.3. The molecule has 2 N–H and O–H groups in total. The van der Waals surface area contributed by atoms with Crippen LogP contribution in [-0.2, 0) is 4.74 Å². The van der Waals surface area contributed by atoms with Crippen LogP contribution in [0.1, 0.15) is 36.0 Å². The summed E-state index contributed by atoms with van der Waals surface area (Å²) in [5, 5.41) is 0.385. The first-order valence-electron chi connectivity index (χ1n) is 5.89. The SMILES string of the molecule is Nc1ccc(Cl)c(C(=O)OCC2CCCC2)c1. The highest BCUT2D eigenvalue weighted by atomic mass is 35.5. The molecule has 0 radical (unpaired) electrons. The Morgan fingerprint density at radius 2 is 2.12 bits per heavy atom. The quantitative estimate of drug-likeness (QED) is 0.664. The van der Waals surface area contributed by atoms with Crippen LogP contribution in [0.25, 0.3) is 0 Å². The Hall–Kier alpha value is -1.22. The van der Waals surface area contributed by atoms with Crippen LogP contribution in [0.4, 0.5) is 5.69 Å². The zero-order valence-corrected chi connectivity index (χ0v) is 10.4. The first-order valence-corrected chi connectivity index (χ1v) is 6.27. The Kier molecular flexibility index (Phi) is 3.89. The Morgan fingerprint density at radius 1 is 1.41 bits per heavy atom. The van der Waals surface area contributed by atoms with Crippen molar-refractivity contribution in [2.75, 3.05) is 12.3 Å². The predicted octanol–water partition coefficient (Wildman–Crippen LogP) is 3.27. The van der Waals surface area contributed by atoms with E-state index in [1.807, 2.05) is 0 Å². The highest BCUT2D eigenvalue weighted by Gasteiger charge is 2.18. The number of esters is 1. The second-order valence-electron chi connectivity index (χ2n) is 4.49. The normalized spacial score (nSPS) is 16.1. The molecule has 0 aromatic heterocycles. The van der Waals surface area contributed by atoms with Crippen LogP contribution in [0.5, 0.6) is 0 Å². The Labute approximate surface area is 106 Å². The second-order valence-corrected chi connectivity index (χ2v) is 4.90. The molecule has 92 valence electrons. The molecule has 17 heavy (non-hydrogen) atoms. The minimum absolute atomic E-state index is 0.352. The van der Waals surface area contributed by atoms with Crippen LogP contribution in [0.3, 0.4) is 0 Å². The van der Waals surface area contributed by atoms with Crippen molar-refractivity contribution in [3.63, 3.8) is 0 Å². The number of halogens is 1. The molecule has 1 aliphatic carbocycles. The van der Waals surface area contributed by atoms with E-state index in [0.717, 1.165) is 12.8 Å². The molecule has 0 bridgehead atoms. The molecule has 0 saturated heterocycles. The number of ether oxygens (including phenoxy) is 1. The Bertz CT molecular complexity index is 414. The summed E-state index contributed by atoms with van der Waals surface area (Å²) in [5.74, 6) is 0.132. The summed E-state index contributed by atoms with van der Waals surface area (Å²) in [6.07, 6.45) is 4.78. The number of nitrogens with two attached hydrogens (primary N) is 1. The standard InChI is InChI=1S/C13H16ClNO2/c14-12-6-5-10(15)7-11(12)13(16)17-8-9-3-1-2-4-9/h5-7,9H,1-4,8,15H2. The van der Waals surface area contributed by atoms with Gasteiger partial charge in [0.05, 0.1) is 17.2 Å². The zero-order valence-electron chi connectivity index (χ0n) is 9.62. The maximum absolute atomic E-state index is 11.8. The second kappa shape index (κ2) is 5.41. The number of carbonyl (C=O) groups excluding carboxylic acids is 1. The van der Waals surface area contributed by atoms with Gasteiger partial charge in [0.1, 0.15) is 0 Å². The average Bonchev–Trinajstić information content (AvgIpc) is 2.82. The lowest BCUT2D eigenvalue weighted by Gasteiger charge is -2.11. The fourth-order valence-corrected chi connectivity index (χ4v) is 2.34. The van der Waals surface area contributed by atoms with Gasteiger partial charge in [-0.2, -0.15) is 0 Å². The fourth-order valence-electron chi connectivity index (χ4n) is 2.15. The third kappa shape index (κ3) is 3.13. The third-order valence-corrected chi connectivity index (χ3v) is 3.46. The average molecular weight is 254 g/mol. The highest BCUT2D eigenvalue weighted by Crippen LogP contribution is 2.26. The van der Waals surface area contributed by atoms with Gasteiger partial charge in [-0.15, -0.1) is 0 Å². The molecule has 0 atom stereocenters. The van der Waals surface area contributed by atoms with Gasteiger partial charge in [0.2, 0.25) is 0 Å². The molecule has 0 aliphatic heterocycles. The van der Waals surface area contributed by atoms with Crippen LogP contribution in [0, 0.1) is 5.92 Å². The molecule has 0 spiro atoms. The first-order chi connectivity index (χ1) is 8.16. The molecule has 1 aliphatic rings. The van der Waals surface area contributed by atoms with Crippen molar-refractivity contribution < 1.29 is 9.53 Å². The lowest BCUT2D eigenvalue weighted by molar-refractivity contribution is 0.0443. The number of nitrogen functional groups attached to an aromatic ring is 1. The number of hydrogen-bond acceptors (Lipinski definition) is 3. The lowest BCUT2D eigenvalue weighted by atomic mass is 10.1. The van der Waals surface area contributed by atoms with E-state index >= 15 is 0 Å². The first kappa shape index (κ1) is 12.2. The van der Waals surface area contributed by atoms with E-state index in [1.165, 1.54) is 12.8 Å². The van der Waals surface area contributed by atoms with Gasteiger partial charge in [-0.3, -0.25) is 0 Å². The number of carbonyl (C=O) groups is 1. The summed E-state index contributed by atoms with van der Waals surface area (Å²) in [6.45, 7) is 0.490.